The van der Waals surface area contributed by atoms with Gasteiger partial charge in [-0.05, 0) is 50.1 Å². The van der Waals surface area contributed by atoms with Gasteiger partial charge < -0.3 is 14.4 Å². The smallest absolute Gasteiger partial charge is 0.403 e. The van der Waals surface area contributed by atoms with Crippen molar-refractivity contribution in [3.05, 3.63) is 48.0 Å². The van der Waals surface area contributed by atoms with E-state index in [1.54, 1.807) is 0 Å². The van der Waals surface area contributed by atoms with Gasteiger partial charge in [-0.3, -0.25) is 0 Å². The molecule has 2 aromatic carbocycles. The van der Waals surface area contributed by atoms with Crippen LogP contribution in [0.1, 0.15) is 46.3 Å². The molecule has 122 valence electrons. The lowest BCUT2D eigenvalue weighted by molar-refractivity contribution is 0.00578. The molecule has 1 saturated heterocycles. The lowest BCUT2D eigenvalue weighted by Crippen LogP contribution is -2.41. The Labute approximate surface area is 138 Å². The van der Waals surface area contributed by atoms with Crippen LogP contribution in [0.4, 0.5) is 0 Å². The average molecular weight is 312 g/mol. The number of rotatable bonds is 3. The van der Waals surface area contributed by atoms with Crippen molar-refractivity contribution < 1.29 is 14.4 Å². The molecule has 1 fully saturated rings. The Morgan fingerprint density at radius 2 is 1.48 bits per heavy atom. The average Bonchev–Trinajstić information content (AvgIpc) is 2.73. The number of benzene rings is 2. The van der Waals surface area contributed by atoms with Crippen LogP contribution in [0.3, 0.4) is 0 Å². The molecule has 4 heteroatoms. The maximum Gasteiger partial charge on any atom is 0.463 e. The number of hydrogen-bond acceptors (Lipinski definition) is 3. The maximum atomic E-state index is 10.8. The fourth-order valence-corrected chi connectivity index (χ4v) is 2.95. The summed E-state index contributed by atoms with van der Waals surface area (Å²) in [6, 6.07) is 14.2. The first-order valence-electron chi connectivity index (χ1n) is 8.24. The van der Waals surface area contributed by atoms with Gasteiger partial charge in [0, 0.05) is 5.82 Å². The molecule has 0 amide bonds. The third-order valence-corrected chi connectivity index (χ3v) is 5.31. The maximum absolute atomic E-state index is 10.8. The monoisotopic (exact) mass is 312 g/mol. The van der Waals surface area contributed by atoms with Crippen molar-refractivity contribution >= 4 is 17.9 Å². The highest BCUT2D eigenvalue weighted by Crippen LogP contribution is 2.43. The molecular weight excluding hydrogens is 287 g/mol. The van der Waals surface area contributed by atoms with E-state index in [1.807, 2.05) is 65.0 Å². The zero-order valence-corrected chi connectivity index (χ0v) is 14.5. The highest BCUT2D eigenvalue weighted by atomic mass is 16.7. The predicted octanol–water partition coefficient (Wildman–Crippen LogP) is 4.36. The molecule has 2 atom stereocenters. The van der Waals surface area contributed by atoms with Crippen LogP contribution in [-0.4, -0.2) is 23.4 Å². The summed E-state index contributed by atoms with van der Waals surface area (Å²) in [5.74, 6) is -0.155. The van der Waals surface area contributed by atoms with Crippen molar-refractivity contribution in [2.75, 3.05) is 0 Å². The van der Waals surface area contributed by atoms with E-state index in [2.05, 4.69) is 12.1 Å². The molecule has 0 aromatic heterocycles. The van der Waals surface area contributed by atoms with Gasteiger partial charge in [-0.1, -0.05) is 43.3 Å². The molecule has 0 aliphatic carbocycles. The Bertz CT molecular complexity index is 695. The van der Waals surface area contributed by atoms with Crippen LogP contribution < -0.4 is 0 Å². The Morgan fingerprint density at radius 3 is 2.09 bits per heavy atom. The lowest BCUT2D eigenvalue weighted by atomic mass is 9.68. The minimum Gasteiger partial charge on any atom is -0.403 e. The van der Waals surface area contributed by atoms with Crippen molar-refractivity contribution in [2.24, 2.45) is 0 Å². The Balaban J connectivity index is 1.83. The fourth-order valence-electron chi connectivity index (χ4n) is 2.95. The molecule has 1 heterocycles. The van der Waals surface area contributed by atoms with Gasteiger partial charge in [0.15, 0.2) is 0 Å². The van der Waals surface area contributed by atoms with E-state index in [0.29, 0.717) is 0 Å². The standard InChI is InChI=1S/C19H25BO3/c1-13(20-22-18(2,3)19(4,5)23-20)17(21)16-11-10-14-8-6-7-9-15(14)12-16/h6-13,17,21H,1-5H3/t13-,17+/m0/s1. The van der Waals surface area contributed by atoms with Gasteiger partial charge in [0.05, 0.1) is 17.3 Å². The molecule has 0 spiro atoms. The number of hydrogen-bond donors (Lipinski definition) is 1. The molecule has 1 N–H and O–H groups in total. The molecule has 23 heavy (non-hydrogen) atoms. The molecular formula is C19H25BO3. The topological polar surface area (TPSA) is 38.7 Å². The lowest BCUT2D eigenvalue weighted by Gasteiger charge is -2.32. The Kier molecular flexibility index (Phi) is 4.03. The van der Waals surface area contributed by atoms with Crippen LogP contribution >= 0.6 is 0 Å². The molecule has 0 unspecified atom stereocenters. The van der Waals surface area contributed by atoms with Gasteiger partial charge in [-0.15, -0.1) is 0 Å². The number of aliphatic hydroxyl groups excluding tert-OH is 1. The van der Waals surface area contributed by atoms with Crippen LogP contribution in [0.25, 0.3) is 10.8 Å². The molecule has 1 aliphatic heterocycles. The van der Waals surface area contributed by atoms with Crippen LogP contribution in [0.2, 0.25) is 5.82 Å². The van der Waals surface area contributed by atoms with E-state index in [-0.39, 0.29) is 17.0 Å². The van der Waals surface area contributed by atoms with Gasteiger partial charge in [-0.25, -0.2) is 0 Å². The van der Waals surface area contributed by atoms with Crippen LogP contribution in [0.15, 0.2) is 42.5 Å². The van der Waals surface area contributed by atoms with E-state index in [1.165, 1.54) is 5.39 Å². The van der Waals surface area contributed by atoms with E-state index < -0.39 is 13.2 Å². The zero-order chi connectivity index (χ0) is 16.8. The van der Waals surface area contributed by atoms with E-state index in [0.717, 1.165) is 10.9 Å². The summed E-state index contributed by atoms with van der Waals surface area (Å²) in [7, 11) is -0.415. The zero-order valence-electron chi connectivity index (χ0n) is 14.5. The normalized spacial score (nSPS) is 22.3. The predicted molar refractivity (Wildman–Crippen MR) is 94.4 cm³/mol. The summed E-state index contributed by atoms with van der Waals surface area (Å²) < 4.78 is 12.1. The van der Waals surface area contributed by atoms with Crippen LogP contribution in [0.5, 0.6) is 0 Å². The number of aliphatic hydroxyl groups is 1. The Hall–Kier alpha value is -1.36. The molecule has 1 aliphatic rings. The summed E-state index contributed by atoms with van der Waals surface area (Å²) in [4.78, 5) is 0. The minimum atomic E-state index is -0.630. The van der Waals surface area contributed by atoms with Crippen molar-refractivity contribution in [2.45, 2.75) is 57.7 Å². The van der Waals surface area contributed by atoms with Gasteiger partial charge in [0.1, 0.15) is 0 Å². The fraction of sp³-hybridized carbons (Fsp3) is 0.474. The van der Waals surface area contributed by atoms with Crippen molar-refractivity contribution in [1.82, 2.24) is 0 Å². The summed E-state index contributed by atoms with van der Waals surface area (Å²) in [6.45, 7) is 10.1. The second kappa shape index (κ2) is 5.62. The van der Waals surface area contributed by atoms with Gasteiger partial charge in [-0.2, -0.15) is 0 Å². The first-order valence-corrected chi connectivity index (χ1v) is 8.24. The summed E-state index contributed by atoms with van der Waals surface area (Å²) in [5.41, 5.74) is 0.135. The highest BCUT2D eigenvalue weighted by Gasteiger charge is 2.53. The quantitative estimate of drug-likeness (QED) is 0.856. The third-order valence-electron chi connectivity index (χ3n) is 5.31. The van der Waals surface area contributed by atoms with Gasteiger partial charge in [0.25, 0.3) is 0 Å². The van der Waals surface area contributed by atoms with E-state index >= 15 is 0 Å². The minimum absolute atomic E-state index is 0.155. The summed E-state index contributed by atoms with van der Waals surface area (Å²) >= 11 is 0. The second-order valence-electron chi connectivity index (χ2n) is 7.54. The Morgan fingerprint density at radius 1 is 0.913 bits per heavy atom. The van der Waals surface area contributed by atoms with E-state index in [9.17, 15) is 5.11 Å². The number of fused-ring (bicyclic) bond motifs is 1. The SMILES string of the molecule is C[C@H](B1OC(C)(C)C(C)(C)O1)[C@@H](O)c1ccc2ccccc2c1. The van der Waals surface area contributed by atoms with Crippen LogP contribution in [0, 0.1) is 0 Å². The van der Waals surface area contributed by atoms with Gasteiger partial charge >= 0.3 is 7.12 Å². The highest BCUT2D eigenvalue weighted by molar-refractivity contribution is 6.47. The third kappa shape index (κ3) is 2.91. The van der Waals surface area contributed by atoms with Gasteiger partial charge in [0.2, 0.25) is 0 Å². The van der Waals surface area contributed by atoms with Crippen LogP contribution in [-0.2, 0) is 9.31 Å². The molecule has 2 aromatic rings. The van der Waals surface area contributed by atoms with E-state index in [4.69, 9.17) is 9.31 Å². The molecule has 0 saturated carbocycles. The molecule has 3 rings (SSSR count). The largest absolute Gasteiger partial charge is 0.463 e. The molecule has 0 radical (unpaired) electrons. The second-order valence-corrected chi connectivity index (χ2v) is 7.54. The first kappa shape index (κ1) is 16.5. The molecule has 3 nitrogen and oxygen atoms in total. The van der Waals surface area contributed by atoms with Crippen molar-refractivity contribution in [3.63, 3.8) is 0 Å². The summed E-state index contributed by atoms with van der Waals surface area (Å²) in [6.07, 6.45) is -0.630. The van der Waals surface area contributed by atoms with Crippen molar-refractivity contribution in [1.29, 1.82) is 0 Å². The molecule has 0 bridgehead atoms. The first-order chi connectivity index (χ1) is 10.7. The summed E-state index contributed by atoms with van der Waals surface area (Å²) in [5, 5.41) is 13.1. The van der Waals surface area contributed by atoms with Crippen molar-refractivity contribution in [3.8, 4) is 0 Å².